The molecule has 0 aliphatic carbocycles. The van der Waals surface area contributed by atoms with Crippen molar-refractivity contribution in [3.05, 3.63) is 38.4 Å². The topological polar surface area (TPSA) is 180 Å². The number of anilines is 1. The molecule has 0 saturated carbocycles. The number of hydroxylamine groups is 1. The first kappa shape index (κ1) is 25.3. The van der Waals surface area contributed by atoms with Crippen molar-refractivity contribution < 1.29 is 38.5 Å². The fourth-order valence-electron chi connectivity index (χ4n) is 1.56. The number of carbonyl (C=O) groups excluding carboxylic acids is 3. The number of nitrogens with zero attached hydrogens (tertiary/aromatic N) is 3. The largest absolute Gasteiger partial charge is 0.533 e. The van der Waals surface area contributed by atoms with Gasteiger partial charge in [0.15, 0.2) is 5.69 Å². The molecule has 0 saturated heterocycles. The third-order valence-corrected chi connectivity index (χ3v) is 2.83. The number of carbonyl (C=O) groups is 3. The first-order valence-corrected chi connectivity index (χ1v) is 7.85. The molecular formula is C14H17ClN4O10. The zero-order valence-electron chi connectivity index (χ0n) is 15.6. The van der Waals surface area contributed by atoms with E-state index >= 15 is 0 Å². The number of methoxy groups -OCH3 is 2. The summed E-state index contributed by atoms with van der Waals surface area (Å²) in [5.41, 5.74) is -2.61. The van der Waals surface area contributed by atoms with Gasteiger partial charge in [0.2, 0.25) is 0 Å². The van der Waals surface area contributed by atoms with Crippen molar-refractivity contribution in [3.8, 4) is 0 Å². The van der Waals surface area contributed by atoms with Crippen LogP contribution in [0.5, 0.6) is 0 Å². The molecule has 0 fully saturated rings. The first-order chi connectivity index (χ1) is 13.4. The number of hydrogen-bond acceptors (Lipinski definition) is 10. The van der Waals surface area contributed by atoms with E-state index in [1.165, 1.54) is 7.11 Å². The maximum Gasteiger partial charge on any atom is 0.533 e. The lowest BCUT2D eigenvalue weighted by Crippen LogP contribution is -2.44. The maximum absolute atomic E-state index is 12.1. The van der Waals surface area contributed by atoms with Gasteiger partial charge in [-0.05, 0) is 19.9 Å². The van der Waals surface area contributed by atoms with Crippen molar-refractivity contribution in [1.29, 1.82) is 0 Å². The van der Waals surface area contributed by atoms with E-state index in [1.54, 1.807) is 13.8 Å². The van der Waals surface area contributed by atoms with E-state index in [9.17, 15) is 34.6 Å². The fourth-order valence-corrected chi connectivity index (χ4v) is 1.56. The average molecular weight is 437 g/mol. The van der Waals surface area contributed by atoms with Gasteiger partial charge in [0.05, 0.1) is 30.1 Å². The second-order valence-corrected chi connectivity index (χ2v) is 5.38. The number of urea groups is 1. The molecule has 0 heterocycles. The van der Waals surface area contributed by atoms with Crippen LogP contribution in [0, 0.1) is 20.2 Å². The van der Waals surface area contributed by atoms with Gasteiger partial charge in [-0.2, -0.15) is 0 Å². The van der Waals surface area contributed by atoms with Gasteiger partial charge >= 0.3 is 23.3 Å². The summed E-state index contributed by atoms with van der Waals surface area (Å²) < 4.78 is 8.14. The number of nitro benzene ring substituents is 2. The van der Waals surface area contributed by atoms with Gasteiger partial charge in [-0.25, -0.2) is 14.4 Å². The zero-order valence-corrected chi connectivity index (χ0v) is 16.4. The average Bonchev–Trinajstić information content (AvgIpc) is 2.64. The smallest absolute Gasteiger partial charge is 0.457 e. The van der Waals surface area contributed by atoms with Crippen LogP contribution in [0.15, 0.2) is 18.2 Å². The molecule has 160 valence electrons. The Hall–Kier alpha value is -3.68. The molecular weight excluding hydrogens is 420 g/mol. The van der Waals surface area contributed by atoms with E-state index in [0.717, 1.165) is 19.2 Å². The molecule has 1 aromatic carbocycles. The van der Waals surface area contributed by atoms with Gasteiger partial charge in [0.1, 0.15) is 0 Å². The quantitative estimate of drug-likeness (QED) is 0.318. The molecule has 1 aromatic rings. The number of ether oxygens (including phenoxy) is 2. The normalized spacial score (nSPS) is 9.45. The second kappa shape index (κ2) is 11.9. The van der Waals surface area contributed by atoms with E-state index in [0.29, 0.717) is 11.1 Å². The molecule has 2 amide bonds. The predicted molar refractivity (Wildman–Crippen MR) is 97.6 cm³/mol. The van der Waals surface area contributed by atoms with Crippen molar-refractivity contribution in [2.24, 2.45) is 0 Å². The minimum atomic E-state index is -1.30. The summed E-state index contributed by atoms with van der Waals surface area (Å²) >= 11 is 4.60. The Labute approximate surface area is 168 Å². The highest BCUT2D eigenvalue weighted by atomic mass is 35.5. The number of amides is 2. The SMILES string of the molecule is COC(=O)Cl.COC(=O)ON(C(=O)NC(C)C)c1ccc([N+](=O)[O-])cc1[N+](=O)[O-]. The molecule has 0 atom stereocenters. The second-order valence-electron chi connectivity index (χ2n) is 5.07. The molecule has 29 heavy (non-hydrogen) atoms. The lowest BCUT2D eigenvalue weighted by molar-refractivity contribution is -0.393. The fraction of sp³-hybridized carbons (Fsp3) is 0.357. The van der Waals surface area contributed by atoms with Gasteiger partial charge in [0.25, 0.3) is 5.69 Å². The van der Waals surface area contributed by atoms with Gasteiger partial charge in [-0.15, -0.1) is 5.06 Å². The van der Waals surface area contributed by atoms with E-state index in [-0.39, 0.29) is 6.04 Å². The highest BCUT2D eigenvalue weighted by Crippen LogP contribution is 2.32. The minimum Gasteiger partial charge on any atom is -0.457 e. The Kier molecular flexibility index (Phi) is 10.4. The zero-order chi connectivity index (χ0) is 22.7. The van der Waals surface area contributed by atoms with Gasteiger partial charge in [-0.3, -0.25) is 25.1 Å². The molecule has 1 N–H and O–H groups in total. The van der Waals surface area contributed by atoms with Crippen molar-refractivity contribution in [2.45, 2.75) is 19.9 Å². The molecule has 0 radical (unpaired) electrons. The molecule has 0 aliphatic heterocycles. The Morgan fingerprint density at radius 1 is 1.10 bits per heavy atom. The van der Waals surface area contributed by atoms with Crippen molar-refractivity contribution in [3.63, 3.8) is 0 Å². The van der Waals surface area contributed by atoms with Crippen LogP contribution in [0.4, 0.5) is 31.4 Å². The number of rotatable bonds is 4. The molecule has 1 rings (SSSR count). The van der Waals surface area contributed by atoms with Crippen LogP contribution < -0.4 is 10.4 Å². The van der Waals surface area contributed by atoms with E-state index in [4.69, 9.17) is 0 Å². The number of nitro groups is 2. The van der Waals surface area contributed by atoms with Crippen LogP contribution in [0.25, 0.3) is 0 Å². The van der Waals surface area contributed by atoms with E-state index < -0.39 is 44.5 Å². The molecule has 15 heteroatoms. The highest BCUT2D eigenvalue weighted by Gasteiger charge is 2.31. The standard InChI is InChI=1S/C12H14N4O8.C2H3ClO2/c1-7(2)13-11(17)14(24-12(18)23-3)9-5-4-8(15(19)20)6-10(9)16(21)22;1-5-2(3)4/h4-7H,1-3H3,(H,13,17);1H3. The van der Waals surface area contributed by atoms with Crippen LogP contribution in [-0.4, -0.2) is 47.7 Å². The molecule has 0 aliphatic rings. The summed E-state index contributed by atoms with van der Waals surface area (Å²) in [6, 6.07) is 1.12. The van der Waals surface area contributed by atoms with Crippen LogP contribution in [0.2, 0.25) is 0 Å². The van der Waals surface area contributed by atoms with Gasteiger partial charge in [0, 0.05) is 23.7 Å². The number of hydrogen-bond donors (Lipinski definition) is 1. The molecule has 0 spiro atoms. The predicted octanol–water partition coefficient (Wildman–Crippen LogP) is 3.12. The molecule has 0 aromatic heterocycles. The lowest BCUT2D eigenvalue weighted by atomic mass is 10.2. The van der Waals surface area contributed by atoms with Crippen molar-refractivity contribution >= 4 is 46.3 Å². The number of halogens is 1. The summed E-state index contributed by atoms with van der Waals surface area (Å²) in [7, 11) is 2.19. The number of benzene rings is 1. The van der Waals surface area contributed by atoms with Gasteiger partial charge < -0.3 is 14.8 Å². The van der Waals surface area contributed by atoms with Crippen molar-refractivity contribution in [2.75, 3.05) is 19.3 Å². The van der Waals surface area contributed by atoms with Crippen LogP contribution in [0.1, 0.15) is 13.8 Å². The third kappa shape index (κ3) is 8.70. The Morgan fingerprint density at radius 3 is 2.03 bits per heavy atom. The number of nitrogens with one attached hydrogen (secondary N) is 1. The maximum atomic E-state index is 12.1. The van der Waals surface area contributed by atoms with Gasteiger partial charge in [-0.1, -0.05) is 0 Å². The summed E-state index contributed by atoms with van der Waals surface area (Å²) in [5, 5.41) is 24.6. The molecule has 14 nitrogen and oxygen atoms in total. The summed E-state index contributed by atoms with van der Waals surface area (Å²) in [6.45, 7) is 3.22. The molecule has 0 unspecified atom stereocenters. The van der Waals surface area contributed by atoms with Crippen LogP contribution >= 0.6 is 11.6 Å². The van der Waals surface area contributed by atoms with E-state index in [2.05, 4.69) is 31.2 Å². The summed E-state index contributed by atoms with van der Waals surface area (Å²) in [5.74, 6) is 0. The van der Waals surface area contributed by atoms with E-state index in [1.807, 2.05) is 0 Å². The third-order valence-electron chi connectivity index (χ3n) is 2.67. The Bertz CT molecular complexity index is 786. The summed E-state index contributed by atoms with van der Waals surface area (Å²) in [6.07, 6.45) is -1.30. The monoisotopic (exact) mass is 436 g/mol. The summed E-state index contributed by atoms with van der Waals surface area (Å²) in [4.78, 5) is 57.5. The highest BCUT2D eigenvalue weighted by molar-refractivity contribution is 6.61. The van der Waals surface area contributed by atoms with Crippen molar-refractivity contribution in [1.82, 2.24) is 5.32 Å². The molecule has 0 bridgehead atoms. The minimum absolute atomic E-state index is 0.299. The Morgan fingerprint density at radius 2 is 1.66 bits per heavy atom. The first-order valence-electron chi connectivity index (χ1n) is 7.47. The van der Waals surface area contributed by atoms with Crippen LogP contribution in [-0.2, 0) is 14.3 Å². The van der Waals surface area contributed by atoms with Crippen LogP contribution in [0.3, 0.4) is 0 Å². The lowest BCUT2D eigenvalue weighted by Gasteiger charge is -2.21. The number of non-ortho nitro benzene ring substituents is 1. The Balaban J connectivity index is 0.00000139.